The third kappa shape index (κ3) is 4.65. The zero-order chi connectivity index (χ0) is 21.8. The Morgan fingerprint density at radius 3 is 2.52 bits per heavy atom. The van der Waals surface area contributed by atoms with Gasteiger partial charge in [0, 0.05) is 17.3 Å². The number of carboxylic acids is 1. The Bertz CT molecular complexity index is 1350. The molecular formula is C24H18N2O4S. The van der Waals surface area contributed by atoms with Crippen molar-refractivity contribution in [2.75, 3.05) is 4.72 Å². The van der Waals surface area contributed by atoms with Crippen LogP contribution in [0.1, 0.15) is 39.2 Å². The van der Waals surface area contributed by atoms with Crippen molar-refractivity contribution in [2.24, 2.45) is 0 Å². The molecule has 1 aliphatic rings. The normalized spacial score (nSPS) is 12.7. The van der Waals surface area contributed by atoms with Crippen LogP contribution in [-0.2, 0) is 16.4 Å². The number of aryl methyl sites for hydroxylation is 1. The van der Waals surface area contributed by atoms with E-state index in [-0.39, 0.29) is 5.69 Å². The number of hydrogen-bond acceptors (Lipinski definition) is 4. The van der Waals surface area contributed by atoms with Gasteiger partial charge in [0.2, 0.25) is 0 Å². The summed E-state index contributed by atoms with van der Waals surface area (Å²) in [5.74, 6) is 4.71. The van der Waals surface area contributed by atoms with Gasteiger partial charge in [0.25, 0.3) is 10.0 Å². The lowest BCUT2D eigenvalue weighted by atomic mass is 9.98. The molecule has 31 heavy (non-hydrogen) atoms. The van der Waals surface area contributed by atoms with E-state index in [1.165, 1.54) is 12.3 Å². The van der Waals surface area contributed by atoms with Crippen molar-refractivity contribution >= 4 is 27.8 Å². The van der Waals surface area contributed by atoms with Gasteiger partial charge in [-0.05, 0) is 54.3 Å². The van der Waals surface area contributed by atoms with E-state index in [4.69, 9.17) is 5.11 Å². The number of nitrogens with one attached hydrogen (secondary N) is 1. The van der Waals surface area contributed by atoms with Gasteiger partial charge in [-0.1, -0.05) is 48.2 Å². The van der Waals surface area contributed by atoms with Crippen LogP contribution in [0.2, 0.25) is 0 Å². The number of fused-ring (bicyclic) bond motifs is 1. The van der Waals surface area contributed by atoms with Gasteiger partial charge in [0.05, 0.1) is 10.6 Å². The largest absolute Gasteiger partial charge is 0.477 e. The van der Waals surface area contributed by atoms with Crippen LogP contribution in [-0.4, -0.2) is 24.5 Å². The molecule has 3 aromatic rings. The third-order valence-corrected chi connectivity index (χ3v) is 6.35. The molecule has 2 aromatic carbocycles. The number of hydrogen-bond donors (Lipinski definition) is 2. The van der Waals surface area contributed by atoms with Crippen LogP contribution in [0.4, 0.5) is 5.69 Å². The summed E-state index contributed by atoms with van der Waals surface area (Å²) in [5.41, 5.74) is 3.39. The van der Waals surface area contributed by atoms with Crippen molar-refractivity contribution in [3.63, 3.8) is 0 Å². The molecule has 4 rings (SSSR count). The first-order valence-corrected chi connectivity index (χ1v) is 11.0. The van der Waals surface area contributed by atoms with Gasteiger partial charge in [-0.15, -0.1) is 0 Å². The minimum atomic E-state index is -3.73. The summed E-state index contributed by atoms with van der Waals surface area (Å²) >= 11 is 0. The molecule has 1 heterocycles. The summed E-state index contributed by atoms with van der Waals surface area (Å²) in [7, 11) is -3.73. The van der Waals surface area contributed by atoms with E-state index < -0.39 is 16.0 Å². The van der Waals surface area contributed by atoms with E-state index in [0.29, 0.717) is 34.6 Å². The van der Waals surface area contributed by atoms with E-state index in [9.17, 15) is 13.2 Å². The van der Waals surface area contributed by atoms with Crippen LogP contribution < -0.4 is 4.72 Å². The standard InChI is InChI=1S/C24H18N2O4S/c27-24(28)23-14-10-17(16-25-23)9-11-19-6-3-4-8-22(19)26-31(29,30)21-13-12-18-5-1-2-7-20(18)15-21/h1-8,10,14-16,26H,12-13H2,(H,27,28). The molecule has 0 fully saturated rings. The van der Waals surface area contributed by atoms with Gasteiger partial charge in [0.1, 0.15) is 5.69 Å². The molecule has 7 heteroatoms. The smallest absolute Gasteiger partial charge is 0.354 e. The summed E-state index contributed by atoms with van der Waals surface area (Å²) in [4.78, 5) is 15.1. The number of sulfonamides is 1. The fraction of sp³-hybridized carbons (Fsp3) is 0.0833. The second-order valence-corrected chi connectivity index (χ2v) is 8.68. The van der Waals surface area contributed by atoms with Crippen LogP contribution in [0.5, 0.6) is 0 Å². The maximum Gasteiger partial charge on any atom is 0.354 e. The highest BCUT2D eigenvalue weighted by Gasteiger charge is 2.22. The van der Waals surface area contributed by atoms with Crippen molar-refractivity contribution in [1.29, 1.82) is 0 Å². The van der Waals surface area contributed by atoms with Gasteiger partial charge in [-0.3, -0.25) is 4.72 Å². The summed E-state index contributed by atoms with van der Waals surface area (Å²) < 4.78 is 28.7. The first-order valence-electron chi connectivity index (χ1n) is 9.54. The lowest BCUT2D eigenvalue weighted by Crippen LogP contribution is -2.18. The predicted molar refractivity (Wildman–Crippen MR) is 119 cm³/mol. The van der Waals surface area contributed by atoms with Crippen molar-refractivity contribution in [3.05, 3.63) is 99.7 Å². The van der Waals surface area contributed by atoms with E-state index in [0.717, 1.165) is 11.1 Å². The van der Waals surface area contributed by atoms with Gasteiger partial charge in [-0.25, -0.2) is 18.2 Å². The Labute approximate surface area is 180 Å². The molecule has 0 bridgehead atoms. The highest BCUT2D eigenvalue weighted by molar-refractivity contribution is 7.96. The first kappa shape index (κ1) is 20.4. The molecule has 0 atom stereocenters. The third-order valence-electron chi connectivity index (χ3n) is 4.85. The fourth-order valence-corrected chi connectivity index (χ4v) is 4.49. The number of rotatable bonds is 4. The molecule has 1 aromatic heterocycles. The van der Waals surface area contributed by atoms with Crippen LogP contribution in [0.3, 0.4) is 0 Å². The minimum Gasteiger partial charge on any atom is -0.477 e. The van der Waals surface area contributed by atoms with Crippen molar-refractivity contribution in [2.45, 2.75) is 12.8 Å². The van der Waals surface area contributed by atoms with E-state index >= 15 is 0 Å². The summed E-state index contributed by atoms with van der Waals surface area (Å²) in [6.45, 7) is 0. The molecule has 0 radical (unpaired) electrons. The second kappa shape index (κ2) is 8.46. The highest BCUT2D eigenvalue weighted by atomic mass is 32.2. The molecule has 0 saturated heterocycles. The molecule has 0 aliphatic heterocycles. The average molecular weight is 430 g/mol. The lowest BCUT2D eigenvalue weighted by molar-refractivity contribution is 0.0690. The number of para-hydroxylation sites is 1. The van der Waals surface area contributed by atoms with E-state index in [1.54, 1.807) is 36.4 Å². The lowest BCUT2D eigenvalue weighted by Gasteiger charge is -2.18. The second-order valence-electron chi connectivity index (χ2n) is 6.95. The summed E-state index contributed by atoms with van der Waals surface area (Å²) in [6, 6.07) is 17.6. The Balaban J connectivity index is 1.60. The molecule has 0 spiro atoms. The molecule has 0 amide bonds. The maximum atomic E-state index is 13.0. The number of carbonyl (C=O) groups is 1. The highest BCUT2D eigenvalue weighted by Crippen LogP contribution is 2.28. The number of aromatic carboxylic acids is 1. The molecule has 6 nitrogen and oxygen atoms in total. The number of nitrogens with zero attached hydrogens (tertiary/aromatic N) is 1. The van der Waals surface area contributed by atoms with Crippen molar-refractivity contribution < 1.29 is 18.3 Å². The monoisotopic (exact) mass is 430 g/mol. The molecule has 154 valence electrons. The van der Waals surface area contributed by atoms with Gasteiger partial charge in [-0.2, -0.15) is 0 Å². The molecule has 0 saturated carbocycles. The number of allylic oxidation sites excluding steroid dienone is 1. The molecule has 0 unspecified atom stereocenters. The van der Waals surface area contributed by atoms with Crippen molar-refractivity contribution in [3.8, 4) is 11.8 Å². The topological polar surface area (TPSA) is 96.4 Å². The Hall–Kier alpha value is -3.89. The minimum absolute atomic E-state index is 0.0685. The number of benzene rings is 2. The van der Waals surface area contributed by atoms with E-state index in [2.05, 4.69) is 21.5 Å². The van der Waals surface area contributed by atoms with Crippen LogP contribution in [0.25, 0.3) is 6.08 Å². The summed E-state index contributed by atoms with van der Waals surface area (Å²) in [5, 5.41) is 8.92. The predicted octanol–water partition coefficient (Wildman–Crippen LogP) is 3.91. The molecular weight excluding hydrogens is 412 g/mol. The fourth-order valence-electron chi connectivity index (χ4n) is 3.24. The number of aromatic nitrogens is 1. The zero-order valence-corrected chi connectivity index (χ0v) is 17.2. The van der Waals surface area contributed by atoms with Gasteiger partial charge in [0.15, 0.2) is 0 Å². The zero-order valence-electron chi connectivity index (χ0n) is 16.4. The number of carboxylic acid groups (broad SMARTS) is 1. The average Bonchev–Trinajstić information content (AvgIpc) is 2.78. The quantitative estimate of drug-likeness (QED) is 0.612. The van der Waals surface area contributed by atoms with Crippen LogP contribution in [0, 0.1) is 11.8 Å². The Kier molecular flexibility index (Phi) is 5.56. The van der Waals surface area contributed by atoms with E-state index in [1.807, 2.05) is 24.3 Å². The number of anilines is 1. The first-order chi connectivity index (χ1) is 14.9. The summed E-state index contributed by atoms with van der Waals surface area (Å²) in [6.07, 6.45) is 4.18. The van der Waals surface area contributed by atoms with Gasteiger partial charge >= 0.3 is 5.97 Å². The maximum absolute atomic E-state index is 13.0. The van der Waals surface area contributed by atoms with Crippen LogP contribution in [0.15, 0.2) is 71.8 Å². The van der Waals surface area contributed by atoms with Crippen molar-refractivity contribution in [1.82, 2.24) is 4.98 Å². The SMILES string of the molecule is O=C(O)c1ccc(C#Cc2ccccc2NS(=O)(=O)C2=Cc3ccccc3CC2)cn1. The van der Waals surface area contributed by atoms with Crippen LogP contribution >= 0.6 is 0 Å². The Morgan fingerprint density at radius 1 is 0.968 bits per heavy atom. The molecule has 2 N–H and O–H groups in total. The molecule has 1 aliphatic carbocycles. The number of pyridine rings is 1. The Morgan fingerprint density at radius 2 is 1.74 bits per heavy atom. The van der Waals surface area contributed by atoms with Gasteiger partial charge < -0.3 is 5.11 Å².